The number of aryl methyl sites for hydroxylation is 1. The Morgan fingerprint density at radius 2 is 1.64 bits per heavy atom. The summed E-state index contributed by atoms with van der Waals surface area (Å²) in [5.41, 5.74) is 0.379. The zero-order valence-electron chi connectivity index (χ0n) is 14.3. The number of sulfonamides is 1. The van der Waals surface area contributed by atoms with Gasteiger partial charge in [0.25, 0.3) is 0 Å². The van der Waals surface area contributed by atoms with Crippen LogP contribution in [0.15, 0.2) is 53.4 Å². The molecular weight excluding hydrogens is 342 g/mol. The van der Waals surface area contributed by atoms with E-state index in [1.807, 2.05) is 6.92 Å². The van der Waals surface area contributed by atoms with Gasteiger partial charge in [0.2, 0.25) is 10.0 Å². The van der Waals surface area contributed by atoms with Crippen molar-refractivity contribution in [3.63, 3.8) is 0 Å². The van der Waals surface area contributed by atoms with Gasteiger partial charge in [0.15, 0.2) is 5.60 Å². The van der Waals surface area contributed by atoms with Crippen LogP contribution in [0.25, 0.3) is 0 Å². The number of nitrogens with one attached hydrogen (secondary N) is 1. The first kappa shape index (κ1) is 19.0. The lowest BCUT2D eigenvalue weighted by Crippen LogP contribution is -2.37. The minimum atomic E-state index is -3.58. The van der Waals surface area contributed by atoms with Gasteiger partial charge in [-0.05, 0) is 50.6 Å². The van der Waals surface area contributed by atoms with Gasteiger partial charge < -0.3 is 9.84 Å². The molecule has 0 amide bonds. The van der Waals surface area contributed by atoms with E-state index in [0.717, 1.165) is 11.1 Å². The van der Waals surface area contributed by atoms with Gasteiger partial charge in [-0.1, -0.05) is 29.8 Å². The molecule has 25 heavy (non-hydrogen) atoms. The topological polar surface area (TPSA) is 92.7 Å². The molecule has 2 rings (SSSR count). The van der Waals surface area contributed by atoms with Crippen molar-refractivity contribution in [2.24, 2.45) is 0 Å². The number of rotatable bonds is 7. The summed E-state index contributed by atoms with van der Waals surface area (Å²) >= 11 is 0. The highest BCUT2D eigenvalue weighted by Gasteiger charge is 2.29. The Kier molecular flexibility index (Phi) is 5.49. The number of hydrogen-bond donors (Lipinski definition) is 2. The summed E-state index contributed by atoms with van der Waals surface area (Å²) in [6.45, 7) is 4.93. The van der Waals surface area contributed by atoms with Crippen molar-refractivity contribution >= 4 is 16.0 Å². The van der Waals surface area contributed by atoms with Gasteiger partial charge in [-0.25, -0.2) is 17.9 Å². The summed E-state index contributed by atoms with van der Waals surface area (Å²) in [6.07, 6.45) is 0. The first-order valence-corrected chi connectivity index (χ1v) is 9.16. The minimum Gasteiger partial charge on any atom is -0.478 e. The Bertz CT molecular complexity index is 840. The summed E-state index contributed by atoms with van der Waals surface area (Å²) in [7, 11) is -3.58. The molecule has 0 heterocycles. The van der Waals surface area contributed by atoms with E-state index in [0.29, 0.717) is 5.75 Å². The Morgan fingerprint density at radius 1 is 1.08 bits per heavy atom. The van der Waals surface area contributed by atoms with Gasteiger partial charge in [0, 0.05) is 6.54 Å². The van der Waals surface area contributed by atoms with E-state index in [9.17, 15) is 13.2 Å². The Labute approximate surface area is 147 Å². The lowest BCUT2D eigenvalue weighted by atomic mass is 10.1. The minimum absolute atomic E-state index is 0.124. The lowest BCUT2D eigenvalue weighted by Gasteiger charge is -2.21. The maximum absolute atomic E-state index is 12.2. The van der Waals surface area contributed by atoms with Crippen molar-refractivity contribution in [1.29, 1.82) is 0 Å². The molecule has 134 valence electrons. The molecule has 0 bridgehead atoms. The Morgan fingerprint density at radius 3 is 2.16 bits per heavy atom. The third kappa shape index (κ3) is 5.04. The summed E-state index contributed by atoms with van der Waals surface area (Å²) in [5.74, 6) is -0.667. The molecule has 0 aliphatic rings. The van der Waals surface area contributed by atoms with E-state index >= 15 is 0 Å². The zero-order valence-corrected chi connectivity index (χ0v) is 15.1. The van der Waals surface area contributed by atoms with E-state index in [1.165, 1.54) is 13.8 Å². The molecule has 0 saturated carbocycles. The molecule has 0 atom stereocenters. The summed E-state index contributed by atoms with van der Waals surface area (Å²) in [4.78, 5) is 11.3. The molecule has 2 aromatic rings. The molecule has 7 heteroatoms. The van der Waals surface area contributed by atoms with E-state index in [4.69, 9.17) is 9.84 Å². The van der Waals surface area contributed by atoms with Gasteiger partial charge >= 0.3 is 5.97 Å². The largest absolute Gasteiger partial charge is 0.478 e. The van der Waals surface area contributed by atoms with Crippen LogP contribution in [0, 0.1) is 6.92 Å². The van der Waals surface area contributed by atoms with E-state index in [1.54, 1.807) is 48.5 Å². The normalized spacial score (nSPS) is 12.0. The molecule has 0 fully saturated rings. The molecule has 0 saturated heterocycles. The van der Waals surface area contributed by atoms with Crippen LogP contribution in [0.1, 0.15) is 25.0 Å². The number of benzene rings is 2. The number of ether oxygens (including phenoxy) is 1. The second-order valence-corrected chi connectivity index (χ2v) is 7.97. The highest BCUT2D eigenvalue weighted by Crippen LogP contribution is 2.19. The van der Waals surface area contributed by atoms with Crippen molar-refractivity contribution in [1.82, 2.24) is 4.72 Å². The molecule has 0 aromatic heterocycles. The number of carboxylic acid groups (broad SMARTS) is 1. The molecule has 0 radical (unpaired) electrons. The number of hydrogen-bond acceptors (Lipinski definition) is 4. The molecule has 0 unspecified atom stereocenters. The van der Waals surface area contributed by atoms with Crippen molar-refractivity contribution < 1.29 is 23.1 Å². The predicted molar refractivity (Wildman–Crippen MR) is 94.0 cm³/mol. The quantitative estimate of drug-likeness (QED) is 0.789. The lowest BCUT2D eigenvalue weighted by molar-refractivity contribution is -0.152. The van der Waals surface area contributed by atoms with E-state index < -0.39 is 21.6 Å². The van der Waals surface area contributed by atoms with Crippen LogP contribution in [-0.2, 0) is 21.4 Å². The molecule has 0 aliphatic heterocycles. The van der Waals surface area contributed by atoms with Crippen LogP contribution in [0.4, 0.5) is 0 Å². The summed E-state index contributed by atoms with van der Waals surface area (Å²) in [5, 5.41) is 9.05. The number of carboxylic acids is 1. The van der Waals surface area contributed by atoms with Crippen LogP contribution in [0.3, 0.4) is 0 Å². The van der Waals surface area contributed by atoms with Crippen molar-refractivity contribution in [2.45, 2.75) is 37.8 Å². The van der Waals surface area contributed by atoms with Gasteiger partial charge in [0.05, 0.1) is 4.90 Å². The average Bonchev–Trinajstić information content (AvgIpc) is 2.54. The Balaban J connectivity index is 2.02. The average molecular weight is 363 g/mol. The Hall–Kier alpha value is -2.38. The summed E-state index contributed by atoms with van der Waals surface area (Å²) < 4.78 is 32.4. The fourth-order valence-corrected chi connectivity index (χ4v) is 3.01. The maximum Gasteiger partial charge on any atom is 0.347 e. The van der Waals surface area contributed by atoms with Gasteiger partial charge in [-0.2, -0.15) is 0 Å². The van der Waals surface area contributed by atoms with Gasteiger partial charge in [0.1, 0.15) is 5.75 Å². The fraction of sp³-hybridized carbons (Fsp3) is 0.278. The van der Waals surface area contributed by atoms with Crippen LogP contribution < -0.4 is 9.46 Å². The van der Waals surface area contributed by atoms with Crippen molar-refractivity contribution in [2.75, 3.05) is 0 Å². The predicted octanol–water partition coefficient (Wildman–Crippen LogP) is 2.72. The number of aliphatic carboxylic acids is 1. The van der Waals surface area contributed by atoms with E-state index in [2.05, 4.69) is 4.72 Å². The SMILES string of the molecule is Cc1ccc(S(=O)(=O)NCc2ccc(OC(C)(C)C(=O)O)cc2)cc1. The third-order valence-corrected chi connectivity index (χ3v) is 5.03. The van der Waals surface area contributed by atoms with Gasteiger partial charge in [-0.15, -0.1) is 0 Å². The summed E-state index contributed by atoms with van der Waals surface area (Å²) in [6, 6.07) is 13.2. The van der Waals surface area contributed by atoms with Crippen LogP contribution in [0.5, 0.6) is 5.75 Å². The molecule has 6 nitrogen and oxygen atoms in total. The number of carbonyl (C=O) groups is 1. The highest BCUT2D eigenvalue weighted by atomic mass is 32.2. The van der Waals surface area contributed by atoms with Crippen LogP contribution in [0.2, 0.25) is 0 Å². The van der Waals surface area contributed by atoms with Crippen LogP contribution in [-0.4, -0.2) is 25.1 Å². The van der Waals surface area contributed by atoms with E-state index in [-0.39, 0.29) is 11.4 Å². The molecular formula is C18H21NO5S. The fourth-order valence-electron chi connectivity index (χ4n) is 1.99. The van der Waals surface area contributed by atoms with Gasteiger partial charge in [-0.3, -0.25) is 0 Å². The van der Waals surface area contributed by atoms with Crippen LogP contribution >= 0.6 is 0 Å². The monoisotopic (exact) mass is 363 g/mol. The second-order valence-electron chi connectivity index (χ2n) is 6.20. The van der Waals surface area contributed by atoms with Crippen molar-refractivity contribution in [3.8, 4) is 5.75 Å². The first-order valence-electron chi connectivity index (χ1n) is 7.68. The first-order chi connectivity index (χ1) is 11.6. The third-order valence-electron chi connectivity index (χ3n) is 3.61. The highest BCUT2D eigenvalue weighted by molar-refractivity contribution is 7.89. The molecule has 2 N–H and O–H groups in total. The molecule has 0 spiro atoms. The zero-order chi connectivity index (χ0) is 18.7. The smallest absolute Gasteiger partial charge is 0.347 e. The molecule has 2 aromatic carbocycles. The standard InChI is InChI=1S/C18H21NO5S/c1-13-4-10-16(11-5-13)25(22,23)19-12-14-6-8-15(9-7-14)24-18(2,3)17(20)21/h4-11,19H,12H2,1-3H3,(H,20,21). The second kappa shape index (κ2) is 7.25. The maximum atomic E-state index is 12.2. The van der Waals surface area contributed by atoms with Crippen molar-refractivity contribution in [3.05, 3.63) is 59.7 Å². The molecule has 0 aliphatic carbocycles.